The van der Waals surface area contributed by atoms with Crippen molar-refractivity contribution in [2.75, 3.05) is 6.61 Å². The fourth-order valence-corrected chi connectivity index (χ4v) is 1.38. The molecule has 0 heterocycles. The van der Waals surface area contributed by atoms with E-state index in [-0.39, 0.29) is 11.5 Å². The molecule has 2 rings (SSSR count). The van der Waals surface area contributed by atoms with Gasteiger partial charge < -0.3 is 14.9 Å². The second kappa shape index (κ2) is 9.20. The number of hydrogen-bond acceptors (Lipinski definition) is 4. The van der Waals surface area contributed by atoms with Crippen LogP contribution in [0, 0.1) is 0 Å². The minimum Gasteiger partial charge on any atom is -0.504 e. The zero-order valence-corrected chi connectivity index (χ0v) is 11.8. The number of phenols is 2. The summed E-state index contributed by atoms with van der Waals surface area (Å²) in [5.74, 6) is -0.852. The normalized spacial score (nSPS) is 9.76. The molecule has 0 unspecified atom stereocenters. The number of aromatic hydroxyl groups is 2. The number of carbonyl (C=O) groups is 1. The van der Waals surface area contributed by atoms with Gasteiger partial charge in [0.05, 0.1) is 6.61 Å². The maximum absolute atomic E-state index is 10.9. The Morgan fingerprint density at radius 2 is 1.62 bits per heavy atom. The quantitative estimate of drug-likeness (QED) is 0.516. The highest BCUT2D eigenvalue weighted by molar-refractivity contribution is 5.87. The molecule has 0 aliphatic rings. The Kier molecular flexibility index (Phi) is 7.14. The van der Waals surface area contributed by atoms with Crippen LogP contribution in [0.25, 0.3) is 6.08 Å². The van der Waals surface area contributed by atoms with Crippen LogP contribution in [0.3, 0.4) is 0 Å². The summed E-state index contributed by atoms with van der Waals surface area (Å²) in [6.07, 6.45) is 2.76. The van der Waals surface area contributed by atoms with Crippen molar-refractivity contribution in [2.24, 2.45) is 0 Å². The number of phenolic OH excluding ortho intramolecular Hbond substituents is 2. The van der Waals surface area contributed by atoms with Gasteiger partial charge in [0.2, 0.25) is 0 Å². The van der Waals surface area contributed by atoms with Gasteiger partial charge in [-0.1, -0.05) is 42.5 Å². The average molecular weight is 286 g/mol. The van der Waals surface area contributed by atoms with E-state index in [0.717, 1.165) is 0 Å². The number of esters is 1. The molecule has 0 atom stereocenters. The number of hydrogen-bond donors (Lipinski definition) is 2. The van der Waals surface area contributed by atoms with Crippen LogP contribution in [0.2, 0.25) is 0 Å². The van der Waals surface area contributed by atoms with Gasteiger partial charge in [-0.15, -0.1) is 0 Å². The van der Waals surface area contributed by atoms with Crippen molar-refractivity contribution in [1.82, 2.24) is 0 Å². The molecule has 4 nitrogen and oxygen atoms in total. The maximum Gasteiger partial charge on any atom is 0.330 e. The fraction of sp³-hybridized carbons (Fsp3) is 0.118. The van der Waals surface area contributed by atoms with Gasteiger partial charge in [-0.2, -0.15) is 0 Å². The topological polar surface area (TPSA) is 66.8 Å². The Morgan fingerprint density at radius 1 is 1.05 bits per heavy atom. The van der Waals surface area contributed by atoms with Gasteiger partial charge in [0.15, 0.2) is 11.5 Å². The Morgan fingerprint density at radius 3 is 2.10 bits per heavy atom. The maximum atomic E-state index is 10.9. The predicted octanol–water partition coefficient (Wildman–Crippen LogP) is 3.36. The van der Waals surface area contributed by atoms with Crippen molar-refractivity contribution in [3.8, 4) is 11.5 Å². The summed E-state index contributed by atoms with van der Waals surface area (Å²) >= 11 is 0. The molecule has 0 aliphatic carbocycles. The van der Waals surface area contributed by atoms with Gasteiger partial charge in [0.25, 0.3) is 0 Å². The highest BCUT2D eigenvalue weighted by Gasteiger charge is 1.99. The zero-order chi connectivity index (χ0) is 15.5. The second-order valence-electron chi connectivity index (χ2n) is 3.99. The average Bonchev–Trinajstić information content (AvgIpc) is 2.51. The SMILES string of the molecule is CCOC(=O)C=Cc1ccc(O)c(O)c1.c1ccccc1. The van der Waals surface area contributed by atoms with Gasteiger partial charge in [0, 0.05) is 6.08 Å². The molecule has 0 amide bonds. The standard InChI is InChI=1S/C11H12O4.C6H6/c1-2-15-11(14)6-4-8-3-5-9(12)10(13)7-8;1-2-4-6-5-3-1/h3-7,12-13H,2H2,1H3;1-6H. The lowest BCUT2D eigenvalue weighted by Crippen LogP contribution is -1.98. The van der Waals surface area contributed by atoms with Gasteiger partial charge in [-0.05, 0) is 30.7 Å². The fourth-order valence-electron chi connectivity index (χ4n) is 1.38. The van der Waals surface area contributed by atoms with Crippen molar-refractivity contribution in [3.05, 3.63) is 66.2 Å². The molecule has 0 aliphatic heterocycles. The number of benzene rings is 2. The third-order valence-electron chi connectivity index (χ3n) is 2.36. The molecule has 0 fully saturated rings. The molecule has 0 saturated heterocycles. The Balaban J connectivity index is 0.000000304. The first-order valence-electron chi connectivity index (χ1n) is 6.50. The highest BCUT2D eigenvalue weighted by Crippen LogP contribution is 2.25. The van der Waals surface area contributed by atoms with Crippen LogP contribution in [0.1, 0.15) is 12.5 Å². The molecule has 0 bridgehead atoms. The van der Waals surface area contributed by atoms with Crippen molar-refractivity contribution in [3.63, 3.8) is 0 Å². The summed E-state index contributed by atoms with van der Waals surface area (Å²) in [5, 5.41) is 18.2. The first kappa shape index (κ1) is 16.3. The lowest BCUT2D eigenvalue weighted by molar-refractivity contribution is -0.137. The highest BCUT2D eigenvalue weighted by atomic mass is 16.5. The number of carbonyl (C=O) groups excluding carboxylic acids is 1. The van der Waals surface area contributed by atoms with Gasteiger partial charge in [-0.3, -0.25) is 0 Å². The second-order valence-corrected chi connectivity index (χ2v) is 3.99. The Bertz CT molecular complexity index is 550. The molecule has 0 radical (unpaired) electrons. The third kappa shape index (κ3) is 6.82. The molecule has 110 valence electrons. The van der Waals surface area contributed by atoms with E-state index in [4.69, 9.17) is 10.2 Å². The molecule has 0 spiro atoms. The monoisotopic (exact) mass is 286 g/mol. The molecule has 0 saturated carbocycles. The van der Waals surface area contributed by atoms with Crippen LogP contribution in [-0.2, 0) is 9.53 Å². The molecular weight excluding hydrogens is 268 g/mol. The van der Waals surface area contributed by atoms with Crippen molar-refractivity contribution in [1.29, 1.82) is 0 Å². The molecule has 2 N–H and O–H groups in total. The smallest absolute Gasteiger partial charge is 0.330 e. The van der Waals surface area contributed by atoms with Crippen molar-refractivity contribution >= 4 is 12.0 Å². The van der Waals surface area contributed by atoms with Crippen LogP contribution >= 0.6 is 0 Å². The van der Waals surface area contributed by atoms with E-state index in [1.165, 1.54) is 24.3 Å². The van der Waals surface area contributed by atoms with Crippen molar-refractivity contribution in [2.45, 2.75) is 6.92 Å². The molecule has 21 heavy (non-hydrogen) atoms. The summed E-state index contributed by atoms with van der Waals surface area (Å²) in [5.41, 5.74) is 0.610. The van der Waals surface area contributed by atoms with E-state index in [1.807, 2.05) is 36.4 Å². The zero-order valence-electron chi connectivity index (χ0n) is 11.8. The molecule has 0 aromatic heterocycles. The van der Waals surface area contributed by atoms with Crippen molar-refractivity contribution < 1.29 is 19.7 Å². The number of ether oxygens (including phenoxy) is 1. The number of rotatable bonds is 3. The molecule has 2 aromatic carbocycles. The first-order chi connectivity index (χ1) is 10.1. The summed E-state index contributed by atoms with van der Waals surface area (Å²) in [6.45, 7) is 2.04. The van der Waals surface area contributed by atoms with E-state index >= 15 is 0 Å². The van der Waals surface area contributed by atoms with Crippen LogP contribution in [-0.4, -0.2) is 22.8 Å². The van der Waals surface area contributed by atoms with Gasteiger partial charge in [-0.25, -0.2) is 4.79 Å². The lowest BCUT2D eigenvalue weighted by Gasteiger charge is -1.98. The summed E-state index contributed by atoms with van der Waals surface area (Å²) in [6, 6.07) is 16.3. The Labute approximate surface area is 123 Å². The predicted molar refractivity (Wildman–Crippen MR) is 81.9 cm³/mol. The van der Waals surface area contributed by atoms with E-state index in [1.54, 1.807) is 13.0 Å². The van der Waals surface area contributed by atoms with E-state index in [9.17, 15) is 4.79 Å². The lowest BCUT2D eigenvalue weighted by atomic mass is 10.2. The van der Waals surface area contributed by atoms with Crippen LogP contribution in [0.4, 0.5) is 0 Å². The third-order valence-corrected chi connectivity index (χ3v) is 2.36. The minimum atomic E-state index is -0.440. The molecule has 2 aromatic rings. The summed E-state index contributed by atoms with van der Waals surface area (Å²) in [4.78, 5) is 10.9. The minimum absolute atomic E-state index is 0.191. The van der Waals surface area contributed by atoms with Gasteiger partial charge >= 0.3 is 5.97 Å². The van der Waals surface area contributed by atoms with Crippen LogP contribution < -0.4 is 0 Å². The molecule has 4 heteroatoms. The first-order valence-corrected chi connectivity index (χ1v) is 6.50. The van der Waals surface area contributed by atoms with Gasteiger partial charge in [0.1, 0.15) is 0 Å². The largest absolute Gasteiger partial charge is 0.504 e. The summed E-state index contributed by atoms with van der Waals surface area (Å²) < 4.78 is 4.68. The van der Waals surface area contributed by atoms with E-state index in [2.05, 4.69) is 4.74 Å². The summed E-state index contributed by atoms with van der Waals surface area (Å²) in [7, 11) is 0. The van der Waals surface area contributed by atoms with E-state index in [0.29, 0.717) is 12.2 Å². The van der Waals surface area contributed by atoms with Crippen LogP contribution in [0.5, 0.6) is 11.5 Å². The molecular formula is C17H18O4. The van der Waals surface area contributed by atoms with Crippen LogP contribution in [0.15, 0.2) is 60.7 Å². The van der Waals surface area contributed by atoms with E-state index < -0.39 is 5.97 Å². The Hall–Kier alpha value is -2.75.